The summed E-state index contributed by atoms with van der Waals surface area (Å²) in [4.78, 5) is 7.19. The minimum atomic E-state index is 0.494. The SMILES string of the molecule is CCC(N(C)C)N(CCCN)C(CC)N(C)C. The highest BCUT2D eigenvalue weighted by Crippen LogP contribution is 2.16. The fourth-order valence-corrected chi connectivity index (χ4v) is 2.56. The normalized spacial score (nSPS) is 15.9. The molecule has 2 unspecified atom stereocenters. The standard InChI is InChI=1S/C13H32N4/c1-7-12(15(3)4)17(11-9-10-14)13(8-2)16(5)6/h12-13H,7-11,14H2,1-6H3. The van der Waals surface area contributed by atoms with Gasteiger partial charge >= 0.3 is 0 Å². The third-order valence-corrected chi connectivity index (χ3v) is 3.31. The molecule has 0 aromatic rings. The summed E-state index contributed by atoms with van der Waals surface area (Å²) >= 11 is 0. The van der Waals surface area contributed by atoms with E-state index in [1.165, 1.54) is 0 Å². The van der Waals surface area contributed by atoms with Gasteiger partial charge in [0.1, 0.15) is 0 Å². The highest BCUT2D eigenvalue weighted by molar-refractivity contribution is 4.75. The van der Waals surface area contributed by atoms with Crippen molar-refractivity contribution < 1.29 is 0 Å². The molecule has 0 aromatic heterocycles. The highest BCUT2D eigenvalue weighted by Gasteiger charge is 2.26. The number of hydrogen-bond acceptors (Lipinski definition) is 4. The zero-order valence-corrected chi connectivity index (χ0v) is 12.6. The summed E-state index contributed by atoms with van der Waals surface area (Å²) in [6.45, 7) is 6.35. The zero-order chi connectivity index (χ0) is 13.4. The smallest absolute Gasteiger partial charge is 0.0628 e. The molecule has 0 bridgehead atoms. The lowest BCUT2D eigenvalue weighted by atomic mass is 10.2. The first kappa shape index (κ1) is 16.8. The second-order valence-electron chi connectivity index (χ2n) is 5.09. The van der Waals surface area contributed by atoms with Crippen molar-refractivity contribution in [2.75, 3.05) is 41.3 Å². The molecule has 0 saturated carbocycles. The predicted molar refractivity (Wildman–Crippen MR) is 75.9 cm³/mol. The van der Waals surface area contributed by atoms with Crippen LogP contribution in [-0.4, -0.2) is 68.3 Å². The molecule has 4 nitrogen and oxygen atoms in total. The first-order chi connectivity index (χ1) is 7.99. The van der Waals surface area contributed by atoms with Crippen molar-refractivity contribution in [3.05, 3.63) is 0 Å². The maximum absolute atomic E-state index is 5.66. The Balaban J connectivity index is 4.80. The van der Waals surface area contributed by atoms with Gasteiger partial charge in [0.05, 0.1) is 12.3 Å². The summed E-state index contributed by atoms with van der Waals surface area (Å²) in [5.41, 5.74) is 5.66. The first-order valence-corrected chi connectivity index (χ1v) is 6.78. The van der Waals surface area contributed by atoms with Crippen LogP contribution in [0.3, 0.4) is 0 Å². The number of rotatable bonds is 9. The van der Waals surface area contributed by atoms with Crippen LogP contribution >= 0.6 is 0 Å². The van der Waals surface area contributed by atoms with Gasteiger partial charge < -0.3 is 5.73 Å². The van der Waals surface area contributed by atoms with Crippen LogP contribution in [0.5, 0.6) is 0 Å². The molecule has 104 valence electrons. The van der Waals surface area contributed by atoms with E-state index in [9.17, 15) is 0 Å². The molecule has 0 rings (SSSR count). The molecule has 0 radical (unpaired) electrons. The molecule has 2 atom stereocenters. The third kappa shape index (κ3) is 5.34. The minimum Gasteiger partial charge on any atom is -0.330 e. The number of nitrogens with two attached hydrogens (primary N) is 1. The maximum atomic E-state index is 5.66. The second kappa shape index (κ2) is 8.86. The van der Waals surface area contributed by atoms with Gasteiger partial charge in [-0.3, -0.25) is 14.7 Å². The van der Waals surface area contributed by atoms with Gasteiger partial charge in [0.2, 0.25) is 0 Å². The first-order valence-electron chi connectivity index (χ1n) is 6.78. The fraction of sp³-hybridized carbons (Fsp3) is 1.00. The van der Waals surface area contributed by atoms with E-state index < -0.39 is 0 Å². The minimum absolute atomic E-state index is 0.494. The van der Waals surface area contributed by atoms with Crippen molar-refractivity contribution in [3.8, 4) is 0 Å². The Morgan fingerprint density at radius 2 is 1.29 bits per heavy atom. The summed E-state index contributed by atoms with van der Waals surface area (Å²) in [5.74, 6) is 0. The summed E-state index contributed by atoms with van der Waals surface area (Å²) < 4.78 is 0. The highest BCUT2D eigenvalue weighted by atomic mass is 15.4. The van der Waals surface area contributed by atoms with Gasteiger partial charge in [0.15, 0.2) is 0 Å². The number of nitrogens with zero attached hydrogens (tertiary/aromatic N) is 3. The van der Waals surface area contributed by atoms with Crippen molar-refractivity contribution in [3.63, 3.8) is 0 Å². The Labute approximate surface area is 108 Å². The van der Waals surface area contributed by atoms with E-state index in [-0.39, 0.29) is 0 Å². The molecule has 0 amide bonds. The summed E-state index contributed by atoms with van der Waals surface area (Å²) in [6, 6.07) is 0. The molecule has 17 heavy (non-hydrogen) atoms. The van der Waals surface area contributed by atoms with Crippen LogP contribution in [-0.2, 0) is 0 Å². The third-order valence-electron chi connectivity index (χ3n) is 3.31. The summed E-state index contributed by atoms with van der Waals surface area (Å²) in [6.07, 6.45) is 4.33. The Kier molecular flexibility index (Phi) is 8.78. The molecular formula is C13H32N4. The summed E-state index contributed by atoms with van der Waals surface area (Å²) in [5, 5.41) is 0. The second-order valence-corrected chi connectivity index (χ2v) is 5.09. The molecule has 0 saturated heterocycles. The van der Waals surface area contributed by atoms with E-state index in [1.807, 2.05) is 0 Å². The lowest BCUT2D eigenvalue weighted by Gasteiger charge is -2.43. The lowest BCUT2D eigenvalue weighted by Crippen LogP contribution is -2.54. The molecule has 0 heterocycles. The molecule has 2 N–H and O–H groups in total. The lowest BCUT2D eigenvalue weighted by molar-refractivity contribution is -0.0197. The molecular weight excluding hydrogens is 212 g/mol. The van der Waals surface area contributed by atoms with Gasteiger partial charge in [0.25, 0.3) is 0 Å². The Morgan fingerprint density at radius 1 is 0.882 bits per heavy atom. The van der Waals surface area contributed by atoms with Crippen LogP contribution in [0, 0.1) is 0 Å². The Morgan fingerprint density at radius 3 is 1.53 bits per heavy atom. The molecule has 0 fully saturated rings. The van der Waals surface area contributed by atoms with Gasteiger partial charge in [0, 0.05) is 6.54 Å². The van der Waals surface area contributed by atoms with Crippen LogP contribution in [0.25, 0.3) is 0 Å². The van der Waals surface area contributed by atoms with Gasteiger partial charge in [-0.15, -0.1) is 0 Å². The fourth-order valence-electron chi connectivity index (χ4n) is 2.56. The molecule has 0 aliphatic heterocycles. The largest absolute Gasteiger partial charge is 0.330 e. The van der Waals surface area contributed by atoms with E-state index >= 15 is 0 Å². The Bertz CT molecular complexity index is 166. The van der Waals surface area contributed by atoms with E-state index in [2.05, 4.69) is 56.7 Å². The van der Waals surface area contributed by atoms with Gasteiger partial charge in [-0.05, 0) is 54.0 Å². The van der Waals surface area contributed by atoms with E-state index in [4.69, 9.17) is 5.73 Å². The number of hydrogen-bond donors (Lipinski definition) is 1. The van der Waals surface area contributed by atoms with Crippen LogP contribution in [0.15, 0.2) is 0 Å². The van der Waals surface area contributed by atoms with E-state index in [0.717, 1.165) is 32.4 Å². The van der Waals surface area contributed by atoms with Crippen molar-refractivity contribution in [2.45, 2.75) is 45.4 Å². The topological polar surface area (TPSA) is 35.7 Å². The average Bonchev–Trinajstić information content (AvgIpc) is 2.25. The van der Waals surface area contributed by atoms with Crippen LogP contribution in [0.2, 0.25) is 0 Å². The summed E-state index contributed by atoms with van der Waals surface area (Å²) in [7, 11) is 8.63. The van der Waals surface area contributed by atoms with Crippen LogP contribution in [0.4, 0.5) is 0 Å². The molecule has 0 aliphatic carbocycles. The molecule has 4 heteroatoms. The zero-order valence-electron chi connectivity index (χ0n) is 12.6. The van der Waals surface area contributed by atoms with Gasteiger partial charge in [-0.1, -0.05) is 13.8 Å². The van der Waals surface area contributed by atoms with Crippen molar-refractivity contribution >= 4 is 0 Å². The quantitative estimate of drug-likeness (QED) is 0.619. The average molecular weight is 244 g/mol. The van der Waals surface area contributed by atoms with Gasteiger partial charge in [-0.25, -0.2) is 0 Å². The van der Waals surface area contributed by atoms with Crippen LogP contribution in [0.1, 0.15) is 33.1 Å². The monoisotopic (exact) mass is 244 g/mol. The van der Waals surface area contributed by atoms with Gasteiger partial charge in [-0.2, -0.15) is 0 Å². The van der Waals surface area contributed by atoms with Crippen LogP contribution < -0.4 is 5.73 Å². The van der Waals surface area contributed by atoms with E-state index in [0.29, 0.717) is 12.3 Å². The molecule has 0 aliphatic rings. The van der Waals surface area contributed by atoms with Crippen molar-refractivity contribution in [1.29, 1.82) is 0 Å². The Hall–Kier alpha value is -0.160. The predicted octanol–water partition coefficient (Wildman–Crippen LogP) is 1.23. The maximum Gasteiger partial charge on any atom is 0.0628 e. The molecule has 0 spiro atoms. The van der Waals surface area contributed by atoms with Crippen molar-refractivity contribution in [2.24, 2.45) is 5.73 Å². The molecule has 0 aromatic carbocycles. The van der Waals surface area contributed by atoms with Crippen molar-refractivity contribution in [1.82, 2.24) is 14.7 Å². The van der Waals surface area contributed by atoms with E-state index in [1.54, 1.807) is 0 Å².